The van der Waals surface area contributed by atoms with Gasteiger partial charge in [0.05, 0.1) is 23.7 Å². The quantitative estimate of drug-likeness (QED) is 0.903. The van der Waals surface area contributed by atoms with Crippen molar-refractivity contribution in [2.24, 2.45) is 0 Å². The van der Waals surface area contributed by atoms with Gasteiger partial charge in [-0.2, -0.15) is 15.0 Å². The van der Waals surface area contributed by atoms with Crippen LogP contribution in [0.5, 0.6) is 0 Å². The average molecular weight is 272 g/mol. The summed E-state index contributed by atoms with van der Waals surface area (Å²) in [4.78, 5) is 1.67. The van der Waals surface area contributed by atoms with E-state index < -0.39 is 0 Å². The van der Waals surface area contributed by atoms with E-state index in [9.17, 15) is 0 Å². The lowest BCUT2D eigenvalue weighted by Gasteiger charge is -2.11. The number of hydrogen-bond acceptors (Lipinski definition) is 4. The van der Waals surface area contributed by atoms with Gasteiger partial charge in [0.1, 0.15) is 0 Å². The topological polar surface area (TPSA) is 52.0 Å². The van der Waals surface area contributed by atoms with Gasteiger partial charge in [-0.05, 0) is 31.4 Å². The molecular weight excluding hydrogens is 252 g/mol. The van der Waals surface area contributed by atoms with Crippen molar-refractivity contribution < 1.29 is 4.74 Å². The fourth-order valence-electron chi connectivity index (χ4n) is 2.65. The van der Waals surface area contributed by atoms with E-state index in [1.165, 1.54) is 6.42 Å². The molecule has 0 saturated heterocycles. The molecule has 1 aromatic carbocycles. The number of methoxy groups -OCH3 is 1. The van der Waals surface area contributed by atoms with Gasteiger partial charge in [-0.15, -0.1) is 0 Å². The van der Waals surface area contributed by atoms with Crippen LogP contribution in [0.3, 0.4) is 0 Å². The number of hydrogen-bond donors (Lipinski definition) is 1. The van der Waals surface area contributed by atoms with Gasteiger partial charge < -0.3 is 10.1 Å². The number of nitrogens with one attached hydrogen (secondary N) is 1. The lowest BCUT2D eigenvalue weighted by atomic mass is 10.2. The van der Waals surface area contributed by atoms with Gasteiger partial charge >= 0.3 is 0 Å². The molecule has 1 heterocycles. The smallest absolute Gasteiger partial charge is 0.0969 e. The average Bonchev–Trinajstić information content (AvgIpc) is 3.15. The molecule has 0 radical (unpaired) electrons. The Hall–Kier alpha value is -1.72. The number of ether oxygens (including phenoxy) is 1. The molecule has 2 aromatic rings. The molecule has 5 heteroatoms. The molecule has 0 bridgehead atoms. The lowest BCUT2D eigenvalue weighted by Crippen LogP contribution is -2.26. The number of benzene rings is 1. The van der Waals surface area contributed by atoms with Crippen LogP contribution in [0.4, 0.5) is 0 Å². The maximum Gasteiger partial charge on any atom is 0.0969 e. The van der Waals surface area contributed by atoms with E-state index in [-0.39, 0.29) is 0 Å². The third-order valence-corrected chi connectivity index (χ3v) is 3.82. The first kappa shape index (κ1) is 13.3. The van der Waals surface area contributed by atoms with Gasteiger partial charge in [-0.3, -0.25) is 0 Å². The molecular formula is C15H20N4O. The summed E-state index contributed by atoms with van der Waals surface area (Å²) in [7, 11) is 1.79. The van der Waals surface area contributed by atoms with Gasteiger partial charge in [0.2, 0.25) is 0 Å². The summed E-state index contributed by atoms with van der Waals surface area (Å²) in [5.41, 5.74) is 1.95. The van der Waals surface area contributed by atoms with Gasteiger partial charge in [-0.1, -0.05) is 18.2 Å². The van der Waals surface area contributed by atoms with Crippen molar-refractivity contribution in [3.8, 4) is 5.69 Å². The van der Waals surface area contributed by atoms with Gasteiger partial charge in [-0.25, -0.2) is 0 Å². The SMILES string of the molecule is COC1CCC(NCc2cnn(-c3ccccc3)n2)C1. The van der Waals surface area contributed by atoms with Crippen molar-refractivity contribution in [2.45, 2.75) is 38.0 Å². The Bertz CT molecular complexity index is 540. The molecule has 2 atom stereocenters. The van der Waals surface area contributed by atoms with Crippen LogP contribution in [0.15, 0.2) is 36.5 Å². The lowest BCUT2D eigenvalue weighted by molar-refractivity contribution is 0.107. The number of aromatic nitrogens is 3. The van der Waals surface area contributed by atoms with Crippen LogP contribution in [0, 0.1) is 0 Å². The van der Waals surface area contributed by atoms with Crippen molar-refractivity contribution in [3.63, 3.8) is 0 Å². The van der Waals surface area contributed by atoms with Gasteiger partial charge in [0.15, 0.2) is 0 Å². The molecule has 1 saturated carbocycles. The summed E-state index contributed by atoms with van der Waals surface area (Å²) < 4.78 is 5.38. The van der Waals surface area contributed by atoms with Crippen LogP contribution in [0.1, 0.15) is 25.0 Å². The van der Waals surface area contributed by atoms with E-state index in [1.54, 1.807) is 11.9 Å². The Kier molecular flexibility index (Phi) is 4.08. The summed E-state index contributed by atoms with van der Waals surface area (Å²) in [6.07, 6.45) is 5.63. The minimum absolute atomic E-state index is 0.410. The fraction of sp³-hybridized carbons (Fsp3) is 0.467. The van der Waals surface area contributed by atoms with Crippen LogP contribution in [0.25, 0.3) is 5.69 Å². The maximum absolute atomic E-state index is 5.38. The Morgan fingerprint density at radius 2 is 2.15 bits per heavy atom. The van der Waals surface area contributed by atoms with E-state index in [0.717, 1.165) is 30.8 Å². The molecule has 106 valence electrons. The third-order valence-electron chi connectivity index (χ3n) is 3.82. The first-order valence-corrected chi connectivity index (χ1v) is 7.08. The predicted molar refractivity (Wildman–Crippen MR) is 76.6 cm³/mol. The Labute approximate surface area is 118 Å². The summed E-state index contributed by atoms with van der Waals surface area (Å²) in [5.74, 6) is 0. The molecule has 0 aliphatic heterocycles. The molecule has 1 aliphatic rings. The number of para-hydroxylation sites is 1. The zero-order valence-corrected chi connectivity index (χ0v) is 11.7. The predicted octanol–water partition coefficient (Wildman–Crippen LogP) is 1.92. The number of rotatable bonds is 5. The van der Waals surface area contributed by atoms with Gasteiger partial charge in [0, 0.05) is 19.7 Å². The highest BCUT2D eigenvalue weighted by molar-refractivity contribution is 5.28. The normalized spacial score (nSPS) is 22.2. The molecule has 0 amide bonds. The van der Waals surface area contributed by atoms with E-state index in [0.29, 0.717) is 12.1 Å². The summed E-state index contributed by atoms with van der Waals surface area (Å²) >= 11 is 0. The molecule has 20 heavy (non-hydrogen) atoms. The Morgan fingerprint density at radius 3 is 2.90 bits per heavy atom. The second-order valence-electron chi connectivity index (χ2n) is 5.21. The van der Waals surface area contributed by atoms with Crippen LogP contribution < -0.4 is 5.32 Å². The second-order valence-corrected chi connectivity index (χ2v) is 5.21. The van der Waals surface area contributed by atoms with E-state index in [2.05, 4.69) is 15.5 Å². The second kappa shape index (κ2) is 6.15. The van der Waals surface area contributed by atoms with E-state index in [4.69, 9.17) is 4.74 Å². The van der Waals surface area contributed by atoms with Crippen molar-refractivity contribution in [2.75, 3.05) is 7.11 Å². The highest BCUT2D eigenvalue weighted by atomic mass is 16.5. The Morgan fingerprint density at radius 1 is 1.30 bits per heavy atom. The highest BCUT2D eigenvalue weighted by Crippen LogP contribution is 2.21. The third kappa shape index (κ3) is 3.05. The maximum atomic E-state index is 5.38. The molecule has 0 spiro atoms. The highest BCUT2D eigenvalue weighted by Gasteiger charge is 2.23. The molecule has 1 fully saturated rings. The molecule has 1 aliphatic carbocycles. The monoisotopic (exact) mass is 272 g/mol. The largest absolute Gasteiger partial charge is 0.381 e. The first-order valence-electron chi connectivity index (χ1n) is 7.08. The van der Waals surface area contributed by atoms with Crippen molar-refractivity contribution in [3.05, 3.63) is 42.2 Å². The summed E-state index contributed by atoms with van der Waals surface area (Å²) in [5, 5.41) is 12.3. The van der Waals surface area contributed by atoms with Crippen LogP contribution in [0.2, 0.25) is 0 Å². The van der Waals surface area contributed by atoms with Crippen LogP contribution >= 0.6 is 0 Å². The minimum atomic E-state index is 0.410. The zero-order chi connectivity index (χ0) is 13.8. The van der Waals surface area contributed by atoms with E-state index >= 15 is 0 Å². The zero-order valence-electron chi connectivity index (χ0n) is 11.7. The molecule has 5 nitrogen and oxygen atoms in total. The minimum Gasteiger partial charge on any atom is -0.381 e. The van der Waals surface area contributed by atoms with Crippen LogP contribution in [-0.2, 0) is 11.3 Å². The van der Waals surface area contributed by atoms with Crippen LogP contribution in [-0.4, -0.2) is 34.2 Å². The van der Waals surface area contributed by atoms with Gasteiger partial charge in [0.25, 0.3) is 0 Å². The van der Waals surface area contributed by atoms with Crippen molar-refractivity contribution in [1.29, 1.82) is 0 Å². The summed E-state index contributed by atoms with van der Waals surface area (Å²) in [6, 6.07) is 10.5. The molecule has 2 unspecified atom stereocenters. The molecule has 3 rings (SSSR count). The molecule has 1 N–H and O–H groups in total. The summed E-state index contributed by atoms with van der Waals surface area (Å²) in [6.45, 7) is 0.758. The Balaban J connectivity index is 1.56. The molecule has 1 aromatic heterocycles. The van der Waals surface area contributed by atoms with Crippen molar-refractivity contribution in [1.82, 2.24) is 20.3 Å². The first-order chi connectivity index (χ1) is 9.85. The van der Waals surface area contributed by atoms with Crippen molar-refractivity contribution >= 4 is 0 Å². The standard InChI is InChI=1S/C15H20N4O/c1-20-15-8-7-12(9-15)16-10-13-11-17-19(18-13)14-5-3-2-4-6-14/h2-6,11-12,15-16H,7-10H2,1H3. The van der Waals surface area contributed by atoms with E-state index in [1.807, 2.05) is 36.5 Å². The number of nitrogens with zero attached hydrogens (tertiary/aromatic N) is 3. The fourth-order valence-corrected chi connectivity index (χ4v) is 2.65.